The molecule has 2 nitrogen and oxygen atoms in total. The minimum absolute atomic E-state index is 0.234. The van der Waals surface area contributed by atoms with E-state index in [-0.39, 0.29) is 5.48 Å². The molecule has 0 radical (unpaired) electrons. The molecule has 0 saturated heterocycles. The number of alkyl halides is 3. The quantitative estimate of drug-likeness (QED) is 0.303. The molecule has 5 heteroatoms. The lowest BCUT2D eigenvalue weighted by Crippen LogP contribution is -2.85. The molecule has 0 spiro atoms. The third kappa shape index (κ3) is 4.79. The number of hydrogen-bond acceptors (Lipinski definition) is 1. The summed E-state index contributed by atoms with van der Waals surface area (Å²) in [7, 11) is 0. The highest BCUT2D eigenvalue weighted by molar-refractivity contribution is 6.65. The molecule has 0 aliphatic carbocycles. The zero-order valence-electron chi connectivity index (χ0n) is 2.62. The largest absolute Gasteiger partial charge is 0.633 e. The van der Waals surface area contributed by atoms with Crippen molar-refractivity contribution in [3.8, 4) is 0 Å². The van der Waals surface area contributed by atoms with Crippen LogP contribution in [0, 0.1) is 5.21 Å². The molecule has 6 heavy (non-hydrogen) atoms. The Kier molecular flexibility index (Phi) is 2.48. The molecular formula is CH2Cl3NO. The lowest BCUT2D eigenvalue weighted by molar-refractivity contribution is -0.600. The number of quaternary nitrogens is 1. The van der Waals surface area contributed by atoms with Crippen LogP contribution in [0.4, 0.5) is 0 Å². The van der Waals surface area contributed by atoms with Crippen molar-refractivity contribution < 1.29 is 5.48 Å². The topological polar surface area (TPSA) is 39.7 Å². The van der Waals surface area contributed by atoms with Crippen molar-refractivity contribution >= 4 is 34.8 Å². The molecule has 0 unspecified atom stereocenters. The van der Waals surface area contributed by atoms with E-state index in [0.29, 0.717) is 0 Å². The molecule has 0 aromatic carbocycles. The lowest BCUT2D eigenvalue weighted by Gasteiger charge is -2.08. The Hall–Kier alpha value is 0.790. The molecule has 0 aliphatic rings. The second-order valence-electron chi connectivity index (χ2n) is 0.659. The summed E-state index contributed by atoms with van der Waals surface area (Å²) >= 11 is 14.6. The fourth-order valence-corrected chi connectivity index (χ4v) is 0. The molecule has 2 N–H and O–H groups in total. The average molecular weight is 150 g/mol. The van der Waals surface area contributed by atoms with E-state index in [1.807, 2.05) is 0 Å². The van der Waals surface area contributed by atoms with Gasteiger partial charge < -0.3 is 10.7 Å². The summed E-state index contributed by atoms with van der Waals surface area (Å²) in [5.74, 6) is 0. The van der Waals surface area contributed by atoms with Crippen LogP contribution in [0.15, 0.2) is 0 Å². The van der Waals surface area contributed by atoms with Crippen molar-refractivity contribution in [2.24, 2.45) is 0 Å². The third-order valence-corrected chi connectivity index (χ3v) is 0.401. The molecule has 0 aromatic heterocycles. The first-order valence-electron chi connectivity index (χ1n) is 1.09. The molecular weight excluding hydrogens is 148 g/mol. The van der Waals surface area contributed by atoms with Gasteiger partial charge in [-0.2, -0.15) is 0 Å². The zero-order chi connectivity index (χ0) is 5.21. The number of halogens is 3. The average Bonchev–Trinajstić information content (AvgIpc) is 1.35. The highest BCUT2D eigenvalue weighted by Gasteiger charge is 2.17. The van der Waals surface area contributed by atoms with Gasteiger partial charge in [0.2, 0.25) is 0 Å². The van der Waals surface area contributed by atoms with E-state index in [1.54, 1.807) is 0 Å². The van der Waals surface area contributed by atoms with Gasteiger partial charge in [0.25, 0.3) is 0 Å². The Morgan fingerprint density at radius 3 is 1.50 bits per heavy atom. The van der Waals surface area contributed by atoms with Gasteiger partial charge in [0.15, 0.2) is 0 Å². The van der Waals surface area contributed by atoms with Crippen LogP contribution in [0.5, 0.6) is 0 Å². The van der Waals surface area contributed by atoms with E-state index in [0.717, 1.165) is 0 Å². The molecule has 0 atom stereocenters. The highest BCUT2D eigenvalue weighted by atomic mass is 35.6. The Morgan fingerprint density at radius 1 is 1.33 bits per heavy atom. The van der Waals surface area contributed by atoms with Gasteiger partial charge in [0.1, 0.15) is 0 Å². The Morgan fingerprint density at radius 2 is 1.50 bits per heavy atom. The summed E-state index contributed by atoms with van der Waals surface area (Å²) in [6, 6.07) is 0. The summed E-state index contributed by atoms with van der Waals surface area (Å²) in [5, 5.41) is 9.43. The fraction of sp³-hybridized carbons (Fsp3) is 1.00. The Balaban J connectivity index is 3.17. The van der Waals surface area contributed by atoms with Crippen molar-refractivity contribution in [3.05, 3.63) is 5.21 Å². The summed E-state index contributed by atoms with van der Waals surface area (Å²) in [5.41, 5.74) is 0.234. The summed E-state index contributed by atoms with van der Waals surface area (Å²) in [6.45, 7) is 0. The summed E-state index contributed by atoms with van der Waals surface area (Å²) < 4.78 is -1.72. The highest BCUT2D eigenvalue weighted by Crippen LogP contribution is 2.14. The van der Waals surface area contributed by atoms with Gasteiger partial charge >= 0.3 is 3.92 Å². The predicted molar refractivity (Wildman–Crippen MR) is 25.6 cm³/mol. The van der Waals surface area contributed by atoms with Gasteiger partial charge in [-0.05, 0) is 34.8 Å². The summed E-state index contributed by atoms with van der Waals surface area (Å²) in [6.07, 6.45) is 0. The standard InChI is InChI=1S/CH2Cl3NO/c2-1(3,4)5-6/h5H2. The molecule has 0 fully saturated rings. The van der Waals surface area contributed by atoms with Gasteiger partial charge in [-0.3, -0.25) is 0 Å². The van der Waals surface area contributed by atoms with Crippen LogP contribution in [0.1, 0.15) is 0 Å². The van der Waals surface area contributed by atoms with Crippen LogP contribution in [0.25, 0.3) is 0 Å². The Bertz CT molecular complexity index is 40.5. The van der Waals surface area contributed by atoms with Gasteiger partial charge in [0.05, 0.1) is 0 Å². The minimum atomic E-state index is -1.72. The van der Waals surface area contributed by atoms with Crippen molar-refractivity contribution in [2.45, 2.75) is 3.92 Å². The smallest absolute Gasteiger partial charge is 0.326 e. The van der Waals surface area contributed by atoms with Crippen LogP contribution in [0.2, 0.25) is 0 Å². The van der Waals surface area contributed by atoms with Crippen LogP contribution in [-0.2, 0) is 0 Å². The van der Waals surface area contributed by atoms with E-state index in [4.69, 9.17) is 34.8 Å². The van der Waals surface area contributed by atoms with E-state index in [2.05, 4.69) is 0 Å². The van der Waals surface area contributed by atoms with Crippen molar-refractivity contribution in [2.75, 3.05) is 0 Å². The van der Waals surface area contributed by atoms with Gasteiger partial charge in [-0.25, -0.2) is 0 Å². The van der Waals surface area contributed by atoms with Crippen molar-refractivity contribution in [1.82, 2.24) is 0 Å². The van der Waals surface area contributed by atoms with E-state index in [9.17, 15) is 5.21 Å². The van der Waals surface area contributed by atoms with Gasteiger partial charge in [-0.1, -0.05) is 0 Å². The van der Waals surface area contributed by atoms with E-state index >= 15 is 0 Å². The first-order valence-corrected chi connectivity index (χ1v) is 2.23. The normalized spacial score (nSPS) is 12.0. The molecule has 0 aliphatic heterocycles. The molecule has 0 saturated carbocycles. The molecule has 0 amide bonds. The third-order valence-electron chi connectivity index (χ3n) is 0.134. The zero-order valence-corrected chi connectivity index (χ0v) is 4.89. The van der Waals surface area contributed by atoms with E-state index in [1.165, 1.54) is 0 Å². The number of hydroxylamine groups is 1. The summed E-state index contributed by atoms with van der Waals surface area (Å²) in [4.78, 5) is 0. The maximum absolute atomic E-state index is 9.43. The second-order valence-corrected chi connectivity index (χ2v) is 3.03. The molecule has 0 rings (SSSR count). The first-order chi connectivity index (χ1) is 2.56. The minimum Gasteiger partial charge on any atom is -0.633 e. The monoisotopic (exact) mass is 149 g/mol. The predicted octanol–water partition coefficient (Wildman–Crippen LogP) is 0.375. The fourth-order valence-electron chi connectivity index (χ4n) is 0. The molecule has 0 aromatic rings. The maximum Gasteiger partial charge on any atom is 0.326 e. The number of rotatable bonds is 0. The molecule has 0 heterocycles. The van der Waals surface area contributed by atoms with Crippen molar-refractivity contribution in [1.29, 1.82) is 0 Å². The van der Waals surface area contributed by atoms with Crippen LogP contribution in [0.3, 0.4) is 0 Å². The lowest BCUT2D eigenvalue weighted by atomic mass is 11.5. The Labute approximate surface area is 49.9 Å². The molecule has 38 valence electrons. The second kappa shape index (κ2) is 2.19. The van der Waals surface area contributed by atoms with Crippen LogP contribution >= 0.6 is 34.8 Å². The van der Waals surface area contributed by atoms with Crippen LogP contribution < -0.4 is 5.48 Å². The first kappa shape index (κ1) is 6.79. The SMILES string of the molecule is [O-][NH2+]C(Cl)(Cl)Cl. The number of hydrogen-bond donors (Lipinski definition) is 1. The van der Waals surface area contributed by atoms with Crippen LogP contribution in [-0.4, -0.2) is 3.92 Å². The maximum atomic E-state index is 9.43. The van der Waals surface area contributed by atoms with Gasteiger partial charge in [-0.15, -0.1) is 0 Å². The van der Waals surface area contributed by atoms with Crippen molar-refractivity contribution in [3.63, 3.8) is 0 Å². The number of nitrogens with two attached hydrogens (primary N) is 1. The van der Waals surface area contributed by atoms with Gasteiger partial charge in [0, 0.05) is 0 Å². The van der Waals surface area contributed by atoms with E-state index < -0.39 is 3.92 Å². The molecule has 0 bridgehead atoms.